The van der Waals surface area contributed by atoms with E-state index in [1.165, 1.54) is 5.56 Å². The highest BCUT2D eigenvalue weighted by atomic mass is 16.2. The van der Waals surface area contributed by atoms with Crippen LogP contribution in [0.1, 0.15) is 30.7 Å². The fraction of sp³-hybridized carbons (Fsp3) is 0.500. The van der Waals surface area contributed by atoms with Gasteiger partial charge in [0.1, 0.15) is 5.82 Å². The quantitative estimate of drug-likeness (QED) is 0.844. The van der Waals surface area contributed by atoms with Crippen LogP contribution in [0.25, 0.3) is 0 Å². The van der Waals surface area contributed by atoms with Gasteiger partial charge in [-0.1, -0.05) is 0 Å². The molecule has 24 heavy (non-hydrogen) atoms. The number of piperidine rings is 1. The van der Waals surface area contributed by atoms with Gasteiger partial charge in [-0.2, -0.15) is 0 Å². The van der Waals surface area contributed by atoms with Crippen molar-refractivity contribution in [2.24, 2.45) is 0 Å². The van der Waals surface area contributed by atoms with E-state index in [1.807, 2.05) is 40.9 Å². The Balaban J connectivity index is 1.61. The third-order valence-electron chi connectivity index (χ3n) is 4.62. The Kier molecular flexibility index (Phi) is 5.13. The number of pyridine rings is 1. The lowest BCUT2D eigenvalue weighted by Crippen LogP contribution is -2.39. The molecule has 0 radical (unpaired) electrons. The molecule has 1 aliphatic heterocycles. The van der Waals surface area contributed by atoms with Gasteiger partial charge >= 0.3 is 0 Å². The molecule has 0 spiro atoms. The van der Waals surface area contributed by atoms with Crippen molar-refractivity contribution in [1.82, 2.24) is 19.4 Å². The highest BCUT2D eigenvalue weighted by Gasteiger charge is 2.24. The van der Waals surface area contributed by atoms with Crippen molar-refractivity contribution in [1.29, 1.82) is 0 Å². The molecule has 0 N–H and O–H groups in total. The number of rotatable bonds is 5. The molecule has 6 nitrogen and oxygen atoms in total. The second-order valence-electron chi connectivity index (χ2n) is 6.57. The molecule has 2 aromatic heterocycles. The number of nitrogens with zero attached hydrogens (tertiary/aromatic N) is 5. The molecule has 128 valence electrons. The van der Waals surface area contributed by atoms with Gasteiger partial charge in [0, 0.05) is 64.7 Å². The first-order valence-electron chi connectivity index (χ1n) is 8.50. The molecule has 1 amide bonds. The van der Waals surface area contributed by atoms with Crippen LogP contribution in [0.5, 0.6) is 0 Å². The molecule has 2 aromatic rings. The van der Waals surface area contributed by atoms with E-state index in [4.69, 9.17) is 0 Å². The Labute approximate surface area is 143 Å². The first-order valence-corrected chi connectivity index (χ1v) is 8.50. The number of likely N-dealkylation sites (tertiary alicyclic amines) is 1. The van der Waals surface area contributed by atoms with Gasteiger partial charge in [0.25, 0.3) is 0 Å². The SMILES string of the molecule is CN(C)c1cc(C2CCCN(C(=O)CCn3ccnc3)C2)ccn1. The smallest absolute Gasteiger partial charge is 0.224 e. The van der Waals surface area contributed by atoms with Crippen molar-refractivity contribution in [3.8, 4) is 0 Å². The molecule has 0 saturated carbocycles. The summed E-state index contributed by atoms with van der Waals surface area (Å²) >= 11 is 0. The van der Waals surface area contributed by atoms with Crippen LogP contribution in [-0.2, 0) is 11.3 Å². The average molecular weight is 327 g/mol. The van der Waals surface area contributed by atoms with Crippen LogP contribution in [0.15, 0.2) is 37.1 Å². The number of carbonyl (C=O) groups excluding carboxylic acids is 1. The van der Waals surface area contributed by atoms with Gasteiger partial charge in [0.05, 0.1) is 6.33 Å². The number of amides is 1. The maximum atomic E-state index is 12.5. The lowest BCUT2D eigenvalue weighted by molar-refractivity contribution is -0.132. The highest BCUT2D eigenvalue weighted by Crippen LogP contribution is 2.28. The Morgan fingerprint density at radius 1 is 1.38 bits per heavy atom. The van der Waals surface area contributed by atoms with Crippen molar-refractivity contribution in [2.45, 2.75) is 31.7 Å². The molecule has 1 saturated heterocycles. The van der Waals surface area contributed by atoms with Gasteiger partial charge in [0.2, 0.25) is 5.91 Å². The van der Waals surface area contributed by atoms with Crippen molar-refractivity contribution in [3.05, 3.63) is 42.6 Å². The summed E-state index contributed by atoms with van der Waals surface area (Å²) < 4.78 is 1.95. The maximum absolute atomic E-state index is 12.5. The fourth-order valence-electron chi connectivity index (χ4n) is 3.21. The summed E-state index contributed by atoms with van der Waals surface area (Å²) in [6, 6.07) is 4.22. The van der Waals surface area contributed by atoms with Crippen molar-refractivity contribution in [2.75, 3.05) is 32.1 Å². The van der Waals surface area contributed by atoms with Gasteiger partial charge in [-0.05, 0) is 30.5 Å². The van der Waals surface area contributed by atoms with Crippen LogP contribution in [0.2, 0.25) is 0 Å². The van der Waals surface area contributed by atoms with E-state index in [0.717, 1.165) is 31.7 Å². The average Bonchev–Trinajstić information content (AvgIpc) is 3.13. The molecule has 0 aliphatic carbocycles. The standard InChI is InChI=1S/C18H25N5O/c1-21(2)17-12-15(5-7-20-17)16-4-3-9-23(13-16)18(24)6-10-22-11-8-19-14-22/h5,7-8,11-12,14,16H,3-4,6,9-10,13H2,1-2H3. The topological polar surface area (TPSA) is 54.3 Å². The summed E-state index contributed by atoms with van der Waals surface area (Å²) in [5.74, 6) is 1.60. The minimum absolute atomic E-state index is 0.232. The molecule has 0 aromatic carbocycles. The highest BCUT2D eigenvalue weighted by molar-refractivity contribution is 5.76. The second-order valence-corrected chi connectivity index (χ2v) is 6.57. The molecule has 6 heteroatoms. The number of aromatic nitrogens is 3. The molecule has 0 bridgehead atoms. The van der Waals surface area contributed by atoms with E-state index in [1.54, 1.807) is 12.5 Å². The Morgan fingerprint density at radius 3 is 3.00 bits per heavy atom. The Bertz CT molecular complexity index is 668. The zero-order valence-electron chi connectivity index (χ0n) is 14.4. The lowest BCUT2D eigenvalue weighted by Gasteiger charge is -2.33. The minimum Gasteiger partial charge on any atom is -0.363 e. The molecule has 1 aliphatic rings. The molecule has 3 rings (SSSR count). The molecule has 1 unspecified atom stereocenters. The van der Waals surface area contributed by atoms with E-state index in [0.29, 0.717) is 18.9 Å². The Hall–Kier alpha value is -2.37. The largest absolute Gasteiger partial charge is 0.363 e. The first kappa shape index (κ1) is 16.5. The third kappa shape index (κ3) is 3.93. The number of hydrogen-bond acceptors (Lipinski definition) is 4. The van der Waals surface area contributed by atoms with Crippen molar-refractivity contribution < 1.29 is 4.79 Å². The summed E-state index contributed by atoms with van der Waals surface area (Å²) in [6.45, 7) is 2.37. The van der Waals surface area contributed by atoms with E-state index in [9.17, 15) is 4.79 Å². The van der Waals surface area contributed by atoms with Gasteiger partial charge in [-0.25, -0.2) is 9.97 Å². The summed E-state index contributed by atoms with van der Waals surface area (Å²) in [5, 5.41) is 0. The van der Waals surface area contributed by atoms with Gasteiger partial charge in [-0.15, -0.1) is 0 Å². The van der Waals surface area contributed by atoms with Crippen LogP contribution in [0, 0.1) is 0 Å². The van der Waals surface area contributed by atoms with E-state index in [2.05, 4.69) is 22.1 Å². The van der Waals surface area contributed by atoms with Crippen LogP contribution in [0.3, 0.4) is 0 Å². The summed E-state index contributed by atoms with van der Waals surface area (Å²) in [5.41, 5.74) is 1.28. The number of hydrogen-bond donors (Lipinski definition) is 0. The van der Waals surface area contributed by atoms with E-state index < -0.39 is 0 Å². The van der Waals surface area contributed by atoms with Gasteiger partial charge in [-0.3, -0.25) is 4.79 Å². The molecular formula is C18H25N5O. The molecule has 1 atom stereocenters. The predicted molar refractivity (Wildman–Crippen MR) is 94.0 cm³/mol. The van der Waals surface area contributed by atoms with Crippen molar-refractivity contribution >= 4 is 11.7 Å². The summed E-state index contributed by atoms with van der Waals surface area (Å²) in [4.78, 5) is 24.9. The fourth-order valence-corrected chi connectivity index (χ4v) is 3.21. The zero-order valence-corrected chi connectivity index (χ0v) is 14.4. The lowest BCUT2D eigenvalue weighted by atomic mass is 9.91. The zero-order chi connectivity index (χ0) is 16.9. The molecular weight excluding hydrogens is 302 g/mol. The van der Waals surface area contributed by atoms with E-state index >= 15 is 0 Å². The van der Waals surface area contributed by atoms with Gasteiger partial charge in [0.15, 0.2) is 0 Å². The third-order valence-corrected chi connectivity index (χ3v) is 4.62. The monoisotopic (exact) mass is 327 g/mol. The Morgan fingerprint density at radius 2 is 2.25 bits per heavy atom. The number of aryl methyl sites for hydroxylation is 1. The summed E-state index contributed by atoms with van der Waals surface area (Å²) in [7, 11) is 4.00. The van der Waals surface area contributed by atoms with Crippen LogP contribution >= 0.6 is 0 Å². The molecule has 1 fully saturated rings. The second kappa shape index (κ2) is 7.47. The molecule has 3 heterocycles. The first-order chi connectivity index (χ1) is 11.6. The minimum atomic E-state index is 0.232. The number of anilines is 1. The predicted octanol–water partition coefficient (Wildman–Crippen LogP) is 2.14. The maximum Gasteiger partial charge on any atom is 0.224 e. The normalized spacial score (nSPS) is 17.8. The van der Waals surface area contributed by atoms with Crippen molar-refractivity contribution in [3.63, 3.8) is 0 Å². The van der Waals surface area contributed by atoms with Crippen LogP contribution < -0.4 is 4.90 Å². The number of imidazole rings is 1. The van der Waals surface area contributed by atoms with Gasteiger partial charge < -0.3 is 14.4 Å². The van der Waals surface area contributed by atoms with E-state index in [-0.39, 0.29) is 5.91 Å². The van der Waals surface area contributed by atoms with Crippen LogP contribution in [-0.4, -0.2) is 52.5 Å². The summed E-state index contributed by atoms with van der Waals surface area (Å²) in [6.07, 6.45) is 9.97. The van der Waals surface area contributed by atoms with Crippen LogP contribution in [0.4, 0.5) is 5.82 Å². The number of carbonyl (C=O) groups is 1.